The topological polar surface area (TPSA) is 140 Å². The predicted molar refractivity (Wildman–Crippen MR) is 120 cm³/mol. The average Bonchev–Trinajstić information content (AvgIpc) is 2.84. The number of carbonyl (C=O) groups excluding carboxylic acids is 3. The van der Waals surface area contributed by atoms with Crippen molar-refractivity contribution in [3.8, 4) is 5.75 Å². The summed E-state index contributed by atoms with van der Waals surface area (Å²) in [6.45, 7) is 1.50. The fraction of sp³-hybridized carbons (Fsp3) is 0.0435. The molecule has 0 aliphatic heterocycles. The summed E-state index contributed by atoms with van der Waals surface area (Å²) in [5, 5.41) is 17.3. The molecule has 0 bridgehead atoms. The quantitative estimate of drug-likeness (QED) is 0.143. The fourth-order valence-corrected chi connectivity index (χ4v) is 2.78. The van der Waals surface area contributed by atoms with Crippen LogP contribution in [0.1, 0.15) is 22.8 Å². The average molecular weight is 464 g/mol. The predicted octanol–water partition coefficient (Wildman–Crippen LogP) is 3.43. The van der Waals surface area contributed by atoms with E-state index in [-0.39, 0.29) is 22.7 Å². The van der Waals surface area contributed by atoms with Gasteiger partial charge in [0.15, 0.2) is 0 Å². The second-order valence-corrected chi connectivity index (χ2v) is 6.76. The summed E-state index contributed by atoms with van der Waals surface area (Å²) < 4.78 is 18.3. The first kappa shape index (κ1) is 23.7. The summed E-state index contributed by atoms with van der Waals surface area (Å²) in [6.07, 6.45) is 0. The van der Waals surface area contributed by atoms with Gasteiger partial charge in [-0.1, -0.05) is 24.3 Å². The van der Waals surface area contributed by atoms with Gasteiger partial charge in [-0.15, -0.1) is 0 Å². The van der Waals surface area contributed by atoms with E-state index in [4.69, 9.17) is 4.74 Å². The molecule has 0 aliphatic rings. The van der Waals surface area contributed by atoms with Crippen molar-refractivity contribution >= 4 is 34.9 Å². The minimum atomic E-state index is -1.09. The zero-order valence-corrected chi connectivity index (χ0v) is 17.7. The highest BCUT2D eigenvalue weighted by atomic mass is 19.1. The number of nitrogens with zero attached hydrogens (tertiary/aromatic N) is 2. The summed E-state index contributed by atoms with van der Waals surface area (Å²) in [5.41, 5.74) is 2.15. The molecule has 0 aromatic heterocycles. The summed E-state index contributed by atoms with van der Waals surface area (Å²) in [5.74, 6) is -3.52. The number of amides is 2. The number of carbonyl (C=O) groups is 3. The van der Waals surface area contributed by atoms with E-state index >= 15 is 0 Å². The number of rotatable bonds is 6. The summed E-state index contributed by atoms with van der Waals surface area (Å²) in [6, 6.07) is 16.4. The van der Waals surface area contributed by atoms with Gasteiger partial charge in [0, 0.05) is 17.3 Å². The van der Waals surface area contributed by atoms with E-state index in [9.17, 15) is 28.9 Å². The lowest BCUT2D eigenvalue weighted by molar-refractivity contribution is -0.385. The van der Waals surface area contributed by atoms with Crippen LogP contribution < -0.4 is 15.5 Å². The summed E-state index contributed by atoms with van der Waals surface area (Å²) >= 11 is 0. The van der Waals surface area contributed by atoms with Gasteiger partial charge in [0.25, 0.3) is 5.69 Å². The number of nitrogens with one attached hydrogen (secondary N) is 2. The van der Waals surface area contributed by atoms with Gasteiger partial charge in [-0.3, -0.25) is 19.7 Å². The highest BCUT2D eigenvalue weighted by Gasteiger charge is 2.22. The Balaban J connectivity index is 1.72. The van der Waals surface area contributed by atoms with Crippen molar-refractivity contribution in [2.45, 2.75) is 6.92 Å². The summed E-state index contributed by atoms with van der Waals surface area (Å²) in [7, 11) is 0. The van der Waals surface area contributed by atoms with Gasteiger partial charge in [-0.05, 0) is 49.4 Å². The normalized spacial score (nSPS) is 10.8. The van der Waals surface area contributed by atoms with E-state index in [0.29, 0.717) is 5.56 Å². The van der Waals surface area contributed by atoms with E-state index in [2.05, 4.69) is 15.8 Å². The van der Waals surface area contributed by atoms with Crippen molar-refractivity contribution in [1.29, 1.82) is 0 Å². The van der Waals surface area contributed by atoms with Crippen LogP contribution in [0.15, 0.2) is 77.9 Å². The van der Waals surface area contributed by atoms with Crippen molar-refractivity contribution in [3.63, 3.8) is 0 Å². The molecule has 0 atom stereocenters. The number of hydrogen-bond donors (Lipinski definition) is 2. The van der Waals surface area contributed by atoms with E-state index in [0.717, 1.165) is 12.1 Å². The molecule has 0 aliphatic carbocycles. The van der Waals surface area contributed by atoms with Gasteiger partial charge in [0.05, 0.1) is 10.6 Å². The minimum Gasteiger partial charge on any atom is -0.422 e. The zero-order valence-electron chi connectivity index (χ0n) is 17.7. The van der Waals surface area contributed by atoms with Crippen LogP contribution >= 0.6 is 0 Å². The number of hydrazone groups is 1. The molecule has 11 heteroatoms. The maximum atomic E-state index is 12.9. The second kappa shape index (κ2) is 10.6. The molecule has 0 spiro atoms. The Hall–Kier alpha value is -4.93. The number of nitro benzene ring substituents is 1. The molecule has 0 saturated carbocycles. The van der Waals surface area contributed by atoms with Crippen molar-refractivity contribution in [1.82, 2.24) is 5.43 Å². The molecule has 3 aromatic carbocycles. The van der Waals surface area contributed by atoms with Crippen molar-refractivity contribution in [3.05, 3.63) is 99.9 Å². The van der Waals surface area contributed by atoms with E-state index in [1.165, 1.54) is 49.4 Å². The first-order chi connectivity index (χ1) is 16.3. The molecular formula is C23H17FN4O6. The number of para-hydroxylation sites is 2. The van der Waals surface area contributed by atoms with Gasteiger partial charge >= 0.3 is 17.8 Å². The van der Waals surface area contributed by atoms with Gasteiger partial charge in [0.2, 0.25) is 0 Å². The van der Waals surface area contributed by atoms with Crippen LogP contribution in [0.5, 0.6) is 5.75 Å². The molecule has 2 N–H and O–H groups in total. The molecule has 0 fully saturated rings. The minimum absolute atomic E-state index is 0.0388. The fourth-order valence-electron chi connectivity index (χ4n) is 2.78. The molecule has 34 heavy (non-hydrogen) atoms. The molecule has 0 saturated heterocycles. The molecule has 0 unspecified atom stereocenters. The third kappa shape index (κ3) is 5.85. The lowest BCUT2D eigenvalue weighted by Gasteiger charge is -2.10. The first-order valence-corrected chi connectivity index (χ1v) is 9.72. The highest BCUT2D eigenvalue weighted by Crippen LogP contribution is 2.23. The Morgan fingerprint density at radius 1 is 0.912 bits per heavy atom. The maximum Gasteiger partial charge on any atom is 0.350 e. The number of ether oxygens (including phenoxy) is 1. The van der Waals surface area contributed by atoms with Crippen LogP contribution in [0.4, 0.5) is 15.8 Å². The third-order valence-corrected chi connectivity index (χ3v) is 4.43. The Morgan fingerprint density at radius 3 is 2.21 bits per heavy atom. The number of hydrogen-bond acceptors (Lipinski definition) is 7. The number of benzene rings is 3. The standard InChI is InChI=1S/C23H17FN4O6/c1-14(26-27-22(30)21(29)25-16-12-10-15(24)11-13-16)17-6-3-5-9-20(17)34-23(31)18-7-2-4-8-19(18)28(32)33/h2-13H,1H3,(H,25,29)(H,27,30)/b26-14+. The largest absolute Gasteiger partial charge is 0.422 e. The maximum absolute atomic E-state index is 12.9. The van der Waals surface area contributed by atoms with E-state index in [1.54, 1.807) is 18.2 Å². The first-order valence-electron chi connectivity index (χ1n) is 9.72. The van der Waals surface area contributed by atoms with E-state index < -0.39 is 34.2 Å². The van der Waals surface area contributed by atoms with Crippen LogP contribution in [0.3, 0.4) is 0 Å². The Kier molecular flexibility index (Phi) is 7.39. The number of nitro groups is 1. The molecule has 3 aromatic rings. The Bertz CT molecular complexity index is 1290. The van der Waals surface area contributed by atoms with Gasteiger partial charge in [-0.25, -0.2) is 14.6 Å². The number of anilines is 1. The van der Waals surface area contributed by atoms with Gasteiger partial charge in [0.1, 0.15) is 17.1 Å². The van der Waals surface area contributed by atoms with Crippen LogP contribution in [0.2, 0.25) is 0 Å². The lowest BCUT2D eigenvalue weighted by atomic mass is 10.1. The van der Waals surface area contributed by atoms with Crippen LogP contribution in [0.25, 0.3) is 0 Å². The Labute approximate surface area is 192 Å². The summed E-state index contributed by atoms with van der Waals surface area (Å²) in [4.78, 5) is 47.1. The van der Waals surface area contributed by atoms with Gasteiger partial charge in [-0.2, -0.15) is 5.10 Å². The molecule has 0 radical (unpaired) electrons. The van der Waals surface area contributed by atoms with E-state index in [1.807, 2.05) is 0 Å². The van der Waals surface area contributed by atoms with Crippen molar-refractivity contribution < 1.29 is 28.4 Å². The van der Waals surface area contributed by atoms with Crippen LogP contribution in [-0.4, -0.2) is 28.4 Å². The molecular weight excluding hydrogens is 447 g/mol. The smallest absolute Gasteiger partial charge is 0.350 e. The van der Waals surface area contributed by atoms with Crippen LogP contribution in [0, 0.1) is 15.9 Å². The van der Waals surface area contributed by atoms with Gasteiger partial charge < -0.3 is 10.1 Å². The zero-order chi connectivity index (χ0) is 24.7. The molecule has 3 rings (SSSR count). The Morgan fingerprint density at radius 2 is 1.53 bits per heavy atom. The molecule has 10 nitrogen and oxygen atoms in total. The highest BCUT2D eigenvalue weighted by molar-refractivity contribution is 6.39. The second-order valence-electron chi connectivity index (χ2n) is 6.76. The monoisotopic (exact) mass is 464 g/mol. The lowest BCUT2D eigenvalue weighted by Crippen LogP contribution is -2.33. The van der Waals surface area contributed by atoms with Crippen molar-refractivity contribution in [2.24, 2.45) is 5.10 Å². The molecule has 0 heterocycles. The number of halogens is 1. The molecule has 2 amide bonds. The molecule has 172 valence electrons. The third-order valence-electron chi connectivity index (χ3n) is 4.43. The SMILES string of the molecule is C/C(=N\NC(=O)C(=O)Nc1ccc(F)cc1)c1ccccc1OC(=O)c1ccccc1[N+](=O)[O-]. The van der Waals surface area contributed by atoms with Crippen molar-refractivity contribution in [2.75, 3.05) is 5.32 Å². The number of esters is 1. The van der Waals surface area contributed by atoms with Crippen LogP contribution in [-0.2, 0) is 9.59 Å².